The molecule has 4 rings (SSSR count). The van der Waals surface area contributed by atoms with Crippen molar-refractivity contribution < 1.29 is 19.1 Å². The summed E-state index contributed by atoms with van der Waals surface area (Å²) in [5, 5.41) is 2.07. The van der Waals surface area contributed by atoms with Crippen molar-refractivity contribution in [2.45, 2.75) is 32.7 Å². The van der Waals surface area contributed by atoms with Crippen LogP contribution in [-0.4, -0.2) is 55.0 Å². The van der Waals surface area contributed by atoms with Crippen molar-refractivity contribution in [2.24, 2.45) is 5.92 Å². The molecule has 6 nitrogen and oxygen atoms in total. The van der Waals surface area contributed by atoms with E-state index >= 15 is 0 Å². The van der Waals surface area contributed by atoms with Crippen molar-refractivity contribution in [3.8, 4) is 11.5 Å². The largest absolute Gasteiger partial charge is 0.493 e. The van der Waals surface area contributed by atoms with Crippen LogP contribution in [0.15, 0.2) is 66.0 Å². The minimum atomic E-state index is -0.227. The van der Waals surface area contributed by atoms with E-state index in [9.17, 15) is 9.59 Å². The second-order valence-corrected chi connectivity index (χ2v) is 10.2. The molecule has 190 valence electrons. The van der Waals surface area contributed by atoms with Gasteiger partial charge in [-0.25, -0.2) is 0 Å². The van der Waals surface area contributed by atoms with Crippen LogP contribution in [0.4, 0.5) is 0 Å². The van der Waals surface area contributed by atoms with E-state index in [-0.39, 0.29) is 24.4 Å². The molecule has 0 radical (unpaired) electrons. The van der Waals surface area contributed by atoms with Crippen molar-refractivity contribution in [1.29, 1.82) is 0 Å². The number of carbonyl (C=O) groups excluding carboxylic acids is 2. The normalized spacial score (nSPS) is 15.6. The van der Waals surface area contributed by atoms with Gasteiger partial charge in [0.15, 0.2) is 11.5 Å². The highest BCUT2D eigenvalue weighted by Gasteiger charge is 2.34. The lowest BCUT2D eigenvalue weighted by Gasteiger charge is -2.37. The number of para-hydroxylation sites is 2. The summed E-state index contributed by atoms with van der Waals surface area (Å²) < 4.78 is 11.6. The fourth-order valence-electron chi connectivity index (χ4n) is 4.52. The Bertz CT molecular complexity index is 1160. The SMILES string of the molecule is CC[C@@H](C)CN(CC(=O)N1CCc2sccc2[C@@H]1COc1ccccc1OC)C(=O)c1ccccc1. The van der Waals surface area contributed by atoms with Crippen LogP contribution >= 0.6 is 11.3 Å². The lowest BCUT2D eigenvalue weighted by molar-refractivity contribution is -0.135. The predicted octanol–water partition coefficient (Wildman–Crippen LogP) is 5.45. The second kappa shape index (κ2) is 12.1. The number of carbonyl (C=O) groups is 2. The van der Waals surface area contributed by atoms with E-state index in [0.717, 1.165) is 18.4 Å². The fraction of sp³-hybridized carbons (Fsp3) is 0.379. The maximum Gasteiger partial charge on any atom is 0.254 e. The number of rotatable bonds is 10. The minimum Gasteiger partial charge on any atom is -0.493 e. The van der Waals surface area contributed by atoms with E-state index < -0.39 is 0 Å². The quantitative estimate of drug-likeness (QED) is 0.367. The van der Waals surface area contributed by atoms with Crippen LogP contribution in [0.2, 0.25) is 0 Å². The molecule has 0 saturated carbocycles. The molecular weight excluding hydrogens is 472 g/mol. The molecule has 0 fully saturated rings. The van der Waals surface area contributed by atoms with E-state index in [1.807, 2.05) is 47.4 Å². The third kappa shape index (κ3) is 5.90. The average molecular weight is 507 g/mol. The second-order valence-electron chi connectivity index (χ2n) is 9.18. The number of ether oxygens (including phenoxy) is 2. The number of methoxy groups -OCH3 is 1. The number of hydrogen-bond donors (Lipinski definition) is 0. The fourth-order valence-corrected chi connectivity index (χ4v) is 5.45. The predicted molar refractivity (Wildman–Crippen MR) is 143 cm³/mol. The van der Waals surface area contributed by atoms with Crippen LogP contribution in [0.1, 0.15) is 47.1 Å². The van der Waals surface area contributed by atoms with Crippen molar-refractivity contribution >= 4 is 23.2 Å². The Hall–Kier alpha value is -3.32. The Kier molecular flexibility index (Phi) is 8.65. The first-order valence-electron chi connectivity index (χ1n) is 12.5. The maximum atomic E-state index is 13.7. The highest BCUT2D eigenvalue weighted by Crippen LogP contribution is 2.35. The third-order valence-electron chi connectivity index (χ3n) is 6.74. The number of nitrogens with zero attached hydrogens (tertiary/aromatic N) is 2. The van der Waals surface area contributed by atoms with Gasteiger partial charge in [-0.2, -0.15) is 0 Å². The van der Waals surface area contributed by atoms with Gasteiger partial charge in [-0.3, -0.25) is 9.59 Å². The van der Waals surface area contributed by atoms with E-state index in [2.05, 4.69) is 25.3 Å². The Morgan fingerprint density at radius 1 is 1.08 bits per heavy atom. The Balaban J connectivity index is 1.55. The van der Waals surface area contributed by atoms with Gasteiger partial charge in [0, 0.05) is 23.5 Å². The zero-order chi connectivity index (χ0) is 25.5. The third-order valence-corrected chi connectivity index (χ3v) is 7.74. The summed E-state index contributed by atoms with van der Waals surface area (Å²) in [7, 11) is 1.62. The monoisotopic (exact) mass is 506 g/mol. The molecule has 2 atom stereocenters. The maximum absolute atomic E-state index is 13.7. The molecule has 36 heavy (non-hydrogen) atoms. The molecule has 0 unspecified atom stereocenters. The van der Waals surface area contributed by atoms with Crippen LogP contribution in [0.5, 0.6) is 11.5 Å². The molecule has 0 aliphatic carbocycles. The molecule has 1 aromatic heterocycles. The summed E-state index contributed by atoms with van der Waals surface area (Å²) >= 11 is 1.72. The van der Waals surface area contributed by atoms with Crippen molar-refractivity contribution in [3.63, 3.8) is 0 Å². The van der Waals surface area contributed by atoms with E-state index in [0.29, 0.717) is 42.7 Å². The summed E-state index contributed by atoms with van der Waals surface area (Å²) in [6.45, 7) is 5.71. The average Bonchev–Trinajstić information content (AvgIpc) is 3.40. The van der Waals surface area contributed by atoms with Crippen LogP contribution in [0.25, 0.3) is 0 Å². The standard InChI is InChI=1S/C29H34N2O4S/c1-4-21(2)18-30(29(33)22-10-6-5-7-11-22)19-28(32)31-16-14-27-23(15-17-36-27)24(31)20-35-26-13-9-8-12-25(26)34-3/h5-13,15,17,21,24H,4,14,16,18-20H2,1-3H3/t21-,24+/m1/s1. The molecule has 2 aromatic carbocycles. The highest BCUT2D eigenvalue weighted by molar-refractivity contribution is 7.10. The zero-order valence-corrected chi connectivity index (χ0v) is 22.0. The molecule has 3 aromatic rings. The lowest BCUT2D eigenvalue weighted by Crippen LogP contribution is -2.48. The Morgan fingerprint density at radius 3 is 2.53 bits per heavy atom. The van der Waals surface area contributed by atoms with E-state index in [4.69, 9.17) is 9.47 Å². The smallest absolute Gasteiger partial charge is 0.254 e. The van der Waals surface area contributed by atoms with Gasteiger partial charge >= 0.3 is 0 Å². The molecule has 0 N–H and O–H groups in total. The minimum absolute atomic E-state index is 0.0443. The molecule has 0 spiro atoms. The topological polar surface area (TPSA) is 59.1 Å². The van der Waals surface area contributed by atoms with Crippen molar-refractivity contribution in [1.82, 2.24) is 9.80 Å². The first-order valence-corrected chi connectivity index (χ1v) is 13.4. The first kappa shape index (κ1) is 25.8. The molecule has 2 amide bonds. The number of amides is 2. The number of hydrogen-bond acceptors (Lipinski definition) is 5. The molecule has 1 aliphatic heterocycles. The molecule has 1 aliphatic rings. The molecular formula is C29H34N2O4S. The van der Waals surface area contributed by atoms with Gasteiger partial charge in [0.25, 0.3) is 5.91 Å². The van der Waals surface area contributed by atoms with E-state index in [1.165, 1.54) is 4.88 Å². The lowest BCUT2D eigenvalue weighted by atomic mass is 10.00. The Labute approximate surface area is 217 Å². The van der Waals surface area contributed by atoms with Crippen LogP contribution in [0.3, 0.4) is 0 Å². The summed E-state index contributed by atoms with van der Waals surface area (Å²) in [5.74, 6) is 1.42. The number of thiophene rings is 1. The first-order chi connectivity index (χ1) is 17.5. The van der Waals surface area contributed by atoms with Crippen LogP contribution in [0, 0.1) is 5.92 Å². The highest BCUT2D eigenvalue weighted by atomic mass is 32.1. The zero-order valence-electron chi connectivity index (χ0n) is 21.2. The molecule has 2 heterocycles. The Morgan fingerprint density at radius 2 is 1.81 bits per heavy atom. The number of benzene rings is 2. The summed E-state index contributed by atoms with van der Waals surface area (Å²) in [5.41, 5.74) is 1.72. The number of fused-ring (bicyclic) bond motifs is 1. The molecule has 7 heteroatoms. The molecule has 0 saturated heterocycles. The van der Waals surface area contributed by atoms with Crippen LogP contribution in [-0.2, 0) is 11.2 Å². The van der Waals surface area contributed by atoms with Gasteiger partial charge in [-0.1, -0.05) is 50.6 Å². The molecule has 0 bridgehead atoms. The van der Waals surface area contributed by atoms with Gasteiger partial charge in [-0.15, -0.1) is 11.3 Å². The van der Waals surface area contributed by atoms with Gasteiger partial charge < -0.3 is 19.3 Å². The van der Waals surface area contributed by atoms with Gasteiger partial charge in [-0.05, 0) is 53.6 Å². The van der Waals surface area contributed by atoms with Crippen molar-refractivity contribution in [2.75, 3.05) is 33.4 Å². The summed E-state index contributed by atoms with van der Waals surface area (Å²) in [6, 6.07) is 18.6. The summed E-state index contributed by atoms with van der Waals surface area (Å²) in [6.07, 6.45) is 1.74. The van der Waals surface area contributed by atoms with E-state index in [1.54, 1.807) is 35.5 Å². The van der Waals surface area contributed by atoms with Gasteiger partial charge in [0.2, 0.25) is 5.91 Å². The van der Waals surface area contributed by atoms with Crippen molar-refractivity contribution in [3.05, 3.63) is 82.0 Å². The summed E-state index contributed by atoms with van der Waals surface area (Å²) in [4.78, 5) is 32.0. The van der Waals surface area contributed by atoms with Gasteiger partial charge in [0.1, 0.15) is 13.2 Å². The van der Waals surface area contributed by atoms with Crippen LogP contribution < -0.4 is 9.47 Å². The van der Waals surface area contributed by atoms with Gasteiger partial charge in [0.05, 0.1) is 13.2 Å².